The van der Waals surface area contributed by atoms with E-state index in [1.165, 1.54) is 0 Å². The van der Waals surface area contributed by atoms with E-state index in [-0.39, 0.29) is 25.6 Å². The number of likely N-dealkylation sites (tertiary alicyclic amines) is 1. The second-order valence-electron chi connectivity index (χ2n) is 6.91. The fraction of sp³-hybridized carbons (Fsp3) is 0.529. The van der Waals surface area contributed by atoms with Crippen LogP contribution >= 0.6 is 0 Å². The van der Waals surface area contributed by atoms with Crippen LogP contribution in [0.4, 0.5) is 0 Å². The van der Waals surface area contributed by atoms with Crippen LogP contribution in [0.15, 0.2) is 24.3 Å². The Bertz CT molecular complexity index is 630. The quantitative estimate of drug-likeness (QED) is 0.832. The Morgan fingerprint density at radius 3 is 2.35 bits per heavy atom. The second-order valence-corrected chi connectivity index (χ2v) is 6.91. The molecule has 23 heavy (non-hydrogen) atoms. The summed E-state index contributed by atoms with van der Waals surface area (Å²) in [5.74, 6) is -1.23. The molecule has 6 nitrogen and oxygen atoms in total. The van der Waals surface area contributed by atoms with Gasteiger partial charge in [-0.15, -0.1) is 0 Å². The van der Waals surface area contributed by atoms with Crippen molar-refractivity contribution < 1.29 is 24.5 Å². The Morgan fingerprint density at radius 2 is 1.83 bits per heavy atom. The summed E-state index contributed by atoms with van der Waals surface area (Å²) in [7, 11) is 0. The number of nitrogens with zero attached hydrogens (tertiary/aromatic N) is 1. The molecule has 1 saturated heterocycles. The van der Waals surface area contributed by atoms with Gasteiger partial charge in [0, 0.05) is 19.6 Å². The Hall–Kier alpha value is -2.08. The van der Waals surface area contributed by atoms with Gasteiger partial charge in [0.1, 0.15) is 5.75 Å². The van der Waals surface area contributed by atoms with E-state index in [1.54, 1.807) is 0 Å². The monoisotopic (exact) mass is 319 g/mol. The van der Waals surface area contributed by atoms with Gasteiger partial charge in [0.2, 0.25) is 0 Å². The molecule has 0 unspecified atom stereocenters. The van der Waals surface area contributed by atoms with Crippen molar-refractivity contribution in [3.8, 4) is 5.75 Å². The van der Waals surface area contributed by atoms with Crippen LogP contribution < -0.4 is 4.74 Å². The van der Waals surface area contributed by atoms with Gasteiger partial charge in [-0.1, -0.05) is 12.1 Å². The molecule has 0 bridgehead atoms. The van der Waals surface area contributed by atoms with Crippen molar-refractivity contribution in [2.24, 2.45) is 10.8 Å². The summed E-state index contributed by atoms with van der Waals surface area (Å²) in [6.45, 7) is 4.99. The average molecular weight is 319 g/mol. The SMILES string of the molecule is CC(C)Oc1cccc(CN2C[C@@]3(C(=O)O)C[C@@]3(C(=O)O)C2)c1. The predicted molar refractivity (Wildman–Crippen MR) is 82.2 cm³/mol. The summed E-state index contributed by atoms with van der Waals surface area (Å²) in [6.07, 6.45) is 0.313. The molecule has 2 aliphatic rings. The highest BCUT2D eigenvalue weighted by Gasteiger charge is 2.80. The van der Waals surface area contributed by atoms with Gasteiger partial charge in [0.25, 0.3) is 0 Å². The zero-order valence-electron chi connectivity index (χ0n) is 13.3. The van der Waals surface area contributed by atoms with Gasteiger partial charge in [-0.05, 0) is 38.0 Å². The topological polar surface area (TPSA) is 87.1 Å². The van der Waals surface area contributed by atoms with Crippen LogP contribution in [0.3, 0.4) is 0 Å². The van der Waals surface area contributed by atoms with E-state index in [2.05, 4.69) is 0 Å². The van der Waals surface area contributed by atoms with Crippen LogP contribution in [0.1, 0.15) is 25.8 Å². The summed E-state index contributed by atoms with van der Waals surface area (Å²) >= 11 is 0. The normalized spacial score (nSPS) is 29.3. The highest BCUT2D eigenvalue weighted by atomic mass is 16.5. The van der Waals surface area contributed by atoms with Gasteiger partial charge < -0.3 is 14.9 Å². The first-order valence-corrected chi connectivity index (χ1v) is 7.74. The molecule has 0 radical (unpaired) electrons. The van der Waals surface area contributed by atoms with Crippen LogP contribution in [0.25, 0.3) is 0 Å². The number of benzene rings is 1. The lowest BCUT2D eigenvalue weighted by molar-refractivity contribution is -0.151. The number of carboxylic acids is 2. The number of hydrogen-bond donors (Lipinski definition) is 2. The van der Waals surface area contributed by atoms with Gasteiger partial charge in [-0.3, -0.25) is 14.5 Å². The van der Waals surface area contributed by atoms with E-state index in [0.29, 0.717) is 6.54 Å². The maximum Gasteiger partial charge on any atom is 0.312 e. The minimum absolute atomic E-state index is 0.0789. The number of fused-ring (bicyclic) bond motifs is 1. The minimum atomic E-state index is -1.12. The Kier molecular flexibility index (Phi) is 3.59. The number of aliphatic carboxylic acids is 2. The first-order valence-electron chi connectivity index (χ1n) is 7.74. The third-order valence-electron chi connectivity index (χ3n) is 4.88. The molecule has 0 spiro atoms. The van der Waals surface area contributed by atoms with Crippen molar-refractivity contribution in [3.63, 3.8) is 0 Å². The Labute approximate surface area is 134 Å². The zero-order chi connectivity index (χ0) is 16.8. The molecule has 124 valence electrons. The standard InChI is InChI=1S/C17H21NO5/c1-11(2)23-13-5-3-4-12(6-13)7-18-9-16(14(19)20)8-17(16,10-18)15(21)22/h3-6,11H,7-10H2,1-2H3,(H,19,20)(H,21,22)/t16-,17+. The van der Waals surface area contributed by atoms with Gasteiger partial charge >= 0.3 is 11.9 Å². The molecule has 1 heterocycles. The molecule has 2 atom stereocenters. The average Bonchev–Trinajstić information content (AvgIpc) is 2.98. The molecule has 2 N–H and O–H groups in total. The lowest BCUT2D eigenvalue weighted by Gasteiger charge is -2.20. The molecule has 1 aliphatic carbocycles. The van der Waals surface area contributed by atoms with E-state index in [1.807, 2.05) is 43.0 Å². The van der Waals surface area contributed by atoms with Gasteiger partial charge in [0.15, 0.2) is 0 Å². The molecule has 1 aromatic carbocycles. The van der Waals surface area contributed by atoms with Crippen LogP contribution in [0.5, 0.6) is 5.75 Å². The lowest BCUT2D eigenvalue weighted by Crippen LogP contribution is -2.28. The summed E-state index contributed by atoms with van der Waals surface area (Å²) in [5, 5.41) is 18.9. The smallest absolute Gasteiger partial charge is 0.312 e. The fourth-order valence-corrected chi connectivity index (χ4v) is 3.76. The van der Waals surface area contributed by atoms with Crippen LogP contribution in [0, 0.1) is 10.8 Å². The molecule has 0 amide bonds. The van der Waals surface area contributed by atoms with Crippen LogP contribution in [-0.4, -0.2) is 46.2 Å². The molecular formula is C17H21NO5. The maximum absolute atomic E-state index is 11.5. The Balaban J connectivity index is 1.73. The highest BCUT2D eigenvalue weighted by Crippen LogP contribution is 2.68. The molecule has 3 rings (SSSR count). The second kappa shape index (κ2) is 5.23. The molecule has 1 saturated carbocycles. The van der Waals surface area contributed by atoms with Crippen molar-refractivity contribution in [1.29, 1.82) is 0 Å². The van der Waals surface area contributed by atoms with E-state index in [9.17, 15) is 19.8 Å². The lowest BCUT2D eigenvalue weighted by atomic mass is 9.97. The first kappa shape index (κ1) is 15.8. The third kappa shape index (κ3) is 2.47. The number of carbonyl (C=O) groups is 2. The minimum Gasteiger partial charge on any atom is -0.491 e. The third-order valence-corrected chi connectivity index (χ3v) is 4.88. The molecule has 1 aromatic rings. The number of ether oxygens (including phenoxy) is 1. The van der Waals surface area contributed by atoms with Crippen molar-refractivity contribution in [2.45, 2.75) is 32.9 Å². The summed E-state index contributed by atoms with van der Waals surface area (Å²) < 4.78 is 5.66. The fourth-order valence-electron chi connectivity index (χ4n) is 3.76. The van der Waals surface area contributed by atoms with E-state index >= 15 is 0 Å². The summed E-state index contributed by atoms with van der Waals surface area (Å²) in [4.78, 5) is 25.0. The van der Waals surface area contributed by atoms with Gasteiger partial charge in [-0.25, -0.2) is 0 Å². The number of carboxylic acid groups (broad SMARTS) is 2. The Morgan fingerprint density at radius 1 is 1.22 bits per heavy atom. The number of rotatable bonds is 6. The highest BCUT2D eigenvalue weighted by molar-refractivity contribution is 5.94. The van der Waals surface area contributed by atoms with Crippen molar-refractivity contribution in [1.82, 2.24) is 4.90 Å². The largest absolute Gasteiger partial charge is 0.491 e. The molecule has 0 aromatic heterocycles. The van der Waals surface area contributed by atoms with Crippen LogP contribution in [-0.2, 0) is 16.1 Å². The molecule has 6 heteroatoms. The first-order chi connectivity index (χ1) is 10.8. The van der Waals surface area contributed by atoms with E-state index < -0.39 is 22.8 Å². The molecule has 2 fully saturated rings. The van der Waals surface area contributed by atoms with Gasteiger partial charge in [-0.2, -0.15) is 0 Å². The van der Waals surface area contributed by atoms with Crippen molar-refractivity contribution >= 4 is 11.9 Å². The number of piperidine rings is 1. The van der Waals surface area contributed by atoms with Crippen molar-refractivity contribution in [3.05, 3.63) is 29.8 Å². The van der Waals surface area contributed by atoms with E-state index in [0.717, 1.165) is 11.3 Å². The number of hydrogen-bond acceptors (Lipinski definition) is 4. The zero-order valence-corrected chi connectivity index (χ0v) is 13.3. The van der Waals surface area contributed by atoms with Crippen molar-refractivity contribution in [2.75, 3.05) is 13.1 Å². The summed E-state index contributed by atoms with van der Waals surface area (Å²) in [6, 6.07) is 7.63. The maximum atomic E-state index is 11.5. The van der Waals surface area contributed by atoms with E-state index in [4.69, 9.17) is 4.74 Å². The van der Waals surface area contributed by atoms with Crippen LogP contribution in [0.2, 0.25) is 0 Å². The van der Waals surface area contributed by atoms with Gasteiger partial charge in [0.05, 0.1) is 16.9 Å². The summed E-state index contributed by atoms with van der Waals surface area (Å²) in [5.41, 5.74) is -1.25. The molecule has 1 aliphatic heterocycles. The molecular weight excluding hydrogens is 298 g/mol. The predicted octanol–water partition coefficient (Wildman–Crippen LogP) is 1.84.